The van der Waals surface area contributed by atoms with E-state index in [9.17, 15) is 0 Å². The largest absolute Gasteiger partial charge is 0.372 e. The number of hydrazine groups is 1. The van der Waals surface area contributed by atoms with E-state index in [0.29, 0.717) is 0 Å². The molecule has 0 radical (unpaired) electrons. The Kier molecular flexibility index (Phi) is 5.75. The van der Waals surface area contributed by atoms with Crippen LogP contribution < -0.4 is 15.8 Å². The van der Waals surface area contributed by atoms with Crippen LogP contribution in [0, 0.1) is 13.8 Å². The Balaban J connectivity index is 1.38. The number of rotatable bonds is 6. The van der Waals surface area contributed by atoms with E-state index < -0.39 is 0 Å². The smallest absolute Gasteiger partial charge is 0.0861 e. The van der Waals surface area contributed by atoms with Gasteiger partial charge in [0, 0.05) is 18.8 Å². The molecule has 0 saturated carbocycles. The molecule has 148 valence electrons. The highest BCUT2D eigenvalue weighted by molar-refractivity contribution is 5.61. The van der Waals surface area contributed by atoms with Crippen molar-refractivity contribution in [2.45, 2.75) is 26.7 Å². The summed E-state index contributed by atoms with van der Waals surface area (Å²) in [6, 6.07) is 22.6. The van der Waals surface area contributed by atoms with Gasteiger partial charge in [-0.1, -0.05) is 12.1 Å². The van der Waals surface area contributed by atoms with Gasteiger partial charge >= 0.3 is 0 Å². The van der Waals surface area contributed by atoms with Gasteiger partial charge in [-0.15, -0.1) is 0 Å². The van der Waals surface area contributed by atoms with Crippen LogP contribution >= 0.6 is 0 Å². The van der Waals surface area contributed by atoms with Crippen molar-refractivity contribution in [2.75, 3.05) is 28.8 Å². The third-order valence-electron chi connectivity index (χ3n) is 5.17. The summed E-state index contributed by atoms with van der Waals surface area (Å²) in [5.41, 5.74) is 13.9. The molecule has 1 saturated heterocycles. The molecule has 2 N–H and O–H groups in total. The van der Waals surface area contributed by atoms with Crippen LogP contribution in [0.15, 0.2) is 77.0 Å². The van der Waals surface area contributed by atoms with Crippen LogP contribution in [-0.4, -0.2) is 13.1 Å². The lowest BCUT2D eigenvalue weighted by atomic mass is 10.2. The van der Waals surface area contributed by atoms with E-state index in [4.69, 9.17) is 0 Å². The average molecular weight is 386 g/mol. The molecule has 1 heterocycles. The first-order chi connectivity index (χ1) is 14.2. The second-order valence-electron chi connectivity index (χ2n) is 7.53. The third-order valence-corrected chi connectivity index (χ3v) is 5.17. The third kappa shape index (κ3) is 4.93. The fraction of sp³-hybridized carbons (Fsp3) is 0.250. The maximum Gasteiger partial charge on any atom is 0.0861 e. The number of nitrogens with one attached hydrogen (secondary N) is 2. The minimum absolute atomic E-state index is 0.840. The molecule has 3 aromatic rings. The second kappa shape index (κ2) is 8.78. The van der Waals surface area contributed by atoms with Crippen molar-refractivity contribution in [1.29, 1.82) is 0 Å². The van der Waals surface area contributed by atoms with Crippen molar-refractivity contribution >= 4 is 28.4 Å². The van der Waals surface area contributed by atoms with Crippen molar-refractivity contribution < 1.29 is 0 Å². The molecule has 3 aromatic carbocycles. The lowest BCUT2D eigenvalue weighted by Gasteiger charge is -2.17. The molecule has 0 atom stereocenters. The van der Waals surface area contributed by atoms with Gasteiger partial charge in [-0.3, -0.25) is 0 Å². The Morgan fingerprint density at radius 1 is 0.759 bits per heavy atom. The highest BCUT2D eigenvalue weighted by Crippen LogP contribution is 2.26. The summed E-state index contributed by atoms with van der Waals surface area (Å²) in [4.78, 5) is 2.42. The molecular formula is C24H27N5. The Bertz CT molecular complexity index is 988. The molecule has 4 rings (SSSR count). The first-order valence-corrected chi connectivity index (χ1v) is 10.1. The number of benzene rings is 3. The summed E-state index contributed by atoms with van der Waals surface area (Å²) >= 11 is 0. The molecule has 0 bridgehead atoms. The number of hydrogen-bond acceptors (Lipinski definition) is 5. The number of hydrogen-bond donors (Lipinski definition) is 2. The van der Waals surface area contributed by atoms with Crippen molar-refractivity contribution in [3.05, 3.63) is 77.9 Å². The molecule has 1 fully saturated rings. The number of aryl methyl sites for hydroxylation is 2. The van der Waals surface area contributed by atoms with Crippen LogP contribution in [0.4, 0.5) is 28.4 Å². The number of anilines is 3. The van der Waals surface area contributed by atoms with Gasteiger partial charge in [-0.2, -0.15) is 10.2 Å². The van der Waals surface area contributed by atoms with Crippen LogP contribution in [0.3, 0.4) is 0 Å². The maximum absolute atomic E-state index is 4.40. The molecule has 0 spiro atoms. The van der Waals surface area contributed by atoms with E-state index in [1.165, 1.54) is 24.1 Å². The van der Waals surface area contributed by atoms with Crippen LogP contribution in [0.2, 0.25) is 0 Å². The zero-order chi connectivity index (χ0) is 20.1. The van der Waals surface area contributed by atoms with E-state index in [2.05, 4.69) is 64.1 Å². The van der Waals surface area contributed by atoms with E-state index in [1.807, 2.05) is 42.5 Å². The first-order valence-electron chi connectivity index (χ1n) is 10.1. The van der Waals surface area contributed by atoms with Crippen molar-refractivity contribution in [3.63, 3.8) is 0 Å². The van der Waals surface area contributed by atoms with E-state index in [0.717, 1.165) is 41.4 Å². The Hall–Kier alpha value is -3.34. The molecule has 0 unspecified atom stereocenters. The van der Waals surface area contributed by atoms with Gasteiger partial charge in [0.05, 0.1) is 22.7 Å². The Labute approximate surface area is 172 Å². The number of nitrogens with zero attached hydrogens (tertiary/aromatic N) is 3. The molecule has 0 aliphatic carbocycles. The first kappa shape index (κ1) is 19.0. The minimum Gasteiger partial charge on any atom is -0.372 e. The predicted octanol–water partition coefficient (Wildman–Crippen LogP) is 6.76. The monoisotopic (exact) mass is 385 g/mol. The van der Waals surface area contributed by atoms with Crippen molar-refractivity contribution in [2.24, 2.45) is 10.2 Å². The summed E-state index contributed by atoms with van der Waals surface area (Å²) < 4.78 is 0. The molecule has 0 aromatic heterocycles. The average Bonchev–Trinajstić information content (AvgIpc) is 3.27. The summed E-state index contributed by atoms with van der Waals surface area (Å²) in [7, 11) is 0. The van der Waals surface area contributed by atoms with Gasteiger partial charge in [-0.25, -0.2) is 0 Å². The van der Waals surface area contributed by atoms with Gasteiger partial charge in [0.25, 0.3) is 0 Å². The lowest BCUT2D eigenvalue weighted by molar-refractivity contribution is 0.949. The SMILES string of the molecule is Cc1cccc(NNc2ccc(N=Nc3ccc(N4CCCC4)cc3)cc2C)c1. The summed E-state index contributed by atoms with van der Waals surface area (Å²) in [6.45, 7) is 6.44. The van der Waals surface area contributed by atoms with Crippen LogP contribution in [0.5, 0.6) is 0 Å². The Morgan fingerprint density at radius 2 is 1.48 bits per heavy atom. The fourth-order valence-electron chi connectivity index (χ4n) is 3.53. The highest BCUT2D eigenvalue weighted by atomic mass is 15.4. The molecular weight excluding hydrogens is 358 g/mol. The fourth-order valence-corrected chi connectivity index (χ4v) is 3.53. The van der Waals surface area contributed by atoms with Gasteiger partial charge in [0.15, 0.2) is 0 Å². The van der Waals surface area contributed by atoms with Gasteiger partial charge in [-0.05, 0) is 92.4 Å². The molecule has 29 heavy (non-hydrogen) atoms. The van der Waals surface area contributed by atoms with Crippen molar-refractivity contribution in [3.8, 4) is 0 Å². The molecule has 1 aliphatic rings. The molecule has 1 aliphatic heterocycles. The van der Waals surface area contributed by atoms with Crippen LogP contribution in [-0.2, 0) is 0 Å². The van der Waals surface area contributed by atoms with Crippen molar-refractivity contribution in [1.82, 2.24) is 0 Å². The zero-order valence-corrected chi connectivity index (χ0v) is 17.0. The molecule has 0 amide bonds. The normalized spacial score (nSPS) is 13.8. The highest BCUT2D eigenvalue weighted by Gasteiger charge is 2.11. The predicted molar refractivity (Wildman–Crippen MR) is 122 cm³/mol. The van der Waals surface area contributed by atoms with E-state index in [-0.39, 0.29) is 0 Å². The van der Waals surface area contributed by atoms with Gasteiger partial charge in [0.1, 0.15) is 0 Å². The van der Waals surface area contributed by atoms with Crippen LogP contribution in [0.25, 0.3) is 0 Å². The van der Waals surface area contributed by atoms with E-state index >= 15 is 0 Å². The van der Waals surface area contributed by atoms with Gasteiger partial charge in [0.2, 0.25) is 0 Å². The maximum atomic E-state index is 4.40. The lowest BCUT2D eigenvalue weighted by Crippen LogP contribution is -2.17. The summed E-state index contributed by atoms with van der Waals surface area (Å²) in [5, 5.41) is 8.79. The standard InChI is InChI=1S/C24H27N5/c1-18-6-5-7-21(16-18)27-28-24-13-10-22(17-19(24)2)26-25-20-8-11-23(12-9-20)29-14-3-4-15-29/h5-13,16-17,27-28H,3-4,14-15H2,1-2H3. The zero-order valence-electron chi connectivity index (χ0n) is 17.0. The van der Waals surface area contributed by atoms with Crippen LogP contribution in [0.1, 0.15) is 24.0 Å². The number of azo groups is 1. The minimum atomic E-state index is 0.840. The topological polar surface area (TPSA) is 52.0 Å². The molecule has 5 heteroatoms. The second-order valence-corrected chi connectivity index (χ2v) is 7.53. The molecule has 5 nitrogen and oxygen atoms in total. The summed E-state index contributed by atoms with van der Waals surface area (Å²) in [6.07, 6.45) is 2.57. The van der Waals surface area contributed by atoms with E-state index in [1.54, 1.807) is 0 Å². The summed E-state index contributed by atoms with van der Waals surface area (Å²) in [5.74, 6) is 0. The Morgan fingerprint density at radius 3 is 2.21 bits per heavy atom. The van der Waals surface area contributed by atoms with Gasteiger partial charge < -0.3 is 15.8 Å². The quantitative estimate of drug-likeness (QED) is 0.364.